The second-order valence-corrected chi connectivity index (χ2v) is 7.87. The molecule has 8 heteroatoms. The number of aromatic nitrogens is 5. The number of nitrogens with zero attached hydrogens (tertiary/aromatic N) is 2. The van der Waals surface area contributed by atoms with Gasteiger partial charge in [-0.15, -0.1) is 0 Å². The van der Waals surface area contributed by atoms with Gasteiger partial charge in [-0.2, -0.15) is 5.10 Å². The van der Waals surface area contributed by atoms with E-state index in [0.29, 0.717) is 17.1 Å². The molecule has 0 saturated heterocycles. The van der Waals surface area contributed by atoms with Crippen molar-refractivity contribution >= 4 is 33.3 Å². The zero-order valence-corrected chi connectivity index (χ0v) is 16.6. The van der Waals surface area contributed by atoms with Crippen LogP contribution in [0.2, 0.25) is 0 Å². The largest absolute Gasteiger partial charge is 0.487 e. The first kappa shape index (κ1) is 17.8. The highest BCUT2D eigenvalue weighted by Crippen LogP contribution is 2.39. The van der Waals surface area contributed by atoms with Gasteiger partial charge < -0.3 is 10.1 Å². The molecule has 0 radical (unpaired) electrons. The van der Waals surface area contributed by atoms with Crippen molar-refractivity contribution in [3.05, 3.63) is 76.3 Å². The summed E-state index contributed by atoms with van der Waals surface area (Å²) in [6, 6.07) is 17.5. The van der Waals surface area contributed by atoms with E-state index >= 15 is 0 Å². The highest BCUT2D eigenvalue weighted by Gasteiger charge is 2.25. The molecule has 3 aromatic heterocycles. The summed E-state index contributed by atoms with van der Waals surface area (Å²) < 4.78 is 5.94. The van der Waals surface area contributed by atoms with Gasteiger partial charge >= 0.3 is 0 Å². The van der Waals surface area contributed by atoms with Crippen LogP contribution in [0.5, 0.6) is 5.75 Å². The van der Waals surface area contributed by atoms with Crippen LogP contribution in [-0.4, -0.2) is 25.4 Å². The van der Waals surface area contributed by atoms with Gasteiger partial charge in [0.15, 0.2) is 5.82 Å². The van der Waals surface area contributed by atoms with Crippen molar-refractivity contribution in [2.75, 3.05) is 5.32 Å². The first-order valence-corrected chi connectivity index (χ1v) is 10.3. The number of anilines is 2. The molecule has 0 aliphatic heterocycles. The van der Waals surface area contributed by atoms with E-state index in [9.17, 15) is 4.79 Å². The number of hydrogen-bond acceptors (Lipinski definition) is 5. The fraction of sp³-hybridized carbons (Fsp3) is 0.174. The van der Waals surface area contributed by atoms with E-state index in [1.807, 2.05) is 36.4 Å². The van der Waals surface area contributed by atoms with E-state index in [0.717, 1.165) is 33.6 Å². The maximum atomic E-state index is 11.8. The fourth-order valence-corrected chi connectivity index (χ4v) is 3.81. The molecular weight excluding hydrogens is 392 g/mol. The summed E-state index contributed by atoms with van der Waals surface area (Å²) in [7, 11) is 0. The molecule has 1 aliphatic rings. The van der Waals surface area contributed by atoms with Gasteiger partial charge in [0.25, 0.3) is 5.56 Å². The van der Waals surface area contributed by atoms with Gasteiger partial charge in [0.05, 0.1) is 16.6 Å². The van der Waals surface area contributed by atoms with Crippen LogP contribution in [0.1, 0.15) is 30.1 Å². The van der Waals surface area contributed by atoms with Crippen LogP contribution in [0.4, 0.5) is 11.6 Å². The van der Waals surface area contributed by atoms with Crippen molar-refractivity contribution in [1.82, 2.24) is 25.4 Å². The third-order valence-electron chi connectivity index (χ3n) is 5.59. The Morgan fingerprint density at radius 1 is 1.03 bits per heavy atom. The minimum absolute atomic E-state index is 0.166. The normalized spacial score (nSPS) is 13.7. The number of fused-ring (bicyclic) bond motifs is 2. The van der Waals surface area contributed by atoms with Crippen molar-refractivity contribution in [2.45, 2.75) is 25.4 Å². The average Bonchev–Trinajstić information content (AvgIpc) is 3.44. The number of benzene rings is 2. The molecule has 0 unspecified atom stereocenters. The third-order valence-corrected chi connectivity index (χ3v) is 5.59. The van der Waals surface area contributed by atoms with Gasteiger partial charge in [-0.1, -0.05) is 24.3 Å². The Balaban J connectivity index is 1.29. The topological polar surface area (TPSA) is 111 Å². The van der Waals surface area contributed by atoms with Gasteiger partial charge in [-0.05, 0) is 42.5 Å². The molecule has 0 amide bonds. The number of aromatic amines is 3. The lowest BCUT2D eigenvalue weighted by atomic mass is 10.1. The molecule has 3 heterocycles. The number of H-pyrrole nitrogens is 3. The summed E-state index contributed by atoms with van der Waals surface area (Å²) in [6.45, 7) is 0.279. The van der Waals surface area contributed by atoms with E-state index in [1.165, 1.54) is 18.5 Å². The second kappa shape index (κ2) is 7.02. The van der Waals surface area contributed by atoms with Gasteiger partial charge in [-0.3, -0.25) is 20.1 Å². The minimum atomic E-state index is -0.166. The first-order chi connectivity index (χ1) is 15.2. The smallest absolute Gasteiger partial charge is 0.271 e. The summed E-state index contributed by atoms with van der Waals surface area (Å²) in [4.78, 5) is 16.6. The maximum Gasteiger partial charge on any atom is 0.271 e. The number of rotatable bonds is 6. The van der Waals surface area contributed by atoms with Gasteiger partial charge in [0.1, 0.15) is 18.2 Å². The molecule has 2 aromatic carbocycles. The predicted octanol–water partition coefficient (Wildman–Crippen LogP) is 4.33. The Labute approximate surface area is 176 Å². The zero-order valence-electron chi connectivity index (χ0n) is 16.6. The molecule has 0 spiro atoms. The molecule has 5 aromatic rings. The predicted molar refractivity (Wildman–Crippen MR) is 119 cm³/mol. The van der Waals surface area contributed by atoms with Crippen LogP contribution >= 0.6 is 0 Å². The summed E-state index contributed by atoms with van der Waals surface area (Å²) in [5.41, 5.74) is 2.53. The van der Waals surface area contributed by atoms with Crippen LogP contribution < -0.4 is 15.6 Å². The molecule has 1 aliphatic carbocycles. The molecule has 154 valence electrons. The number of ether oxygens (including phenoxy) is 1. The highest BCUT2D eigenvalue weighted by atomic mass is 16.5. The molecule has 8 nitrogen and oxygen atoms in total. The van der Waals surface area contributed by atoms with E-state index in [2.05, 4.69) is 37.8 Å². The van der Waals surface area contributed by atoms with Gasteiger partial charge in [0.2, 0.25) is 0 Å². The number of hydrogen-bond donors (Lipinski definition) is 4. The number of nitrogens with one attached hydrogen (secondary N) is 4. The quantitative estimate of drug-likeness (QED) is 0.332. The van der Waals surface area contributed by atoms with Crippen molar-refractivity contribution < 1.29 is 4.74 Å². The summed E-state index contributed by atoms with van der Waals surface area (Å²) >= 11 is 0. The number of pyridine rings is 1. The van der Waals surface area contributed by atoms with Crippen molar-refractivity contribution in [3.8, 4) is 5.75 Å². The maximum absolute atomic E-state index is 11.8. The Morgan fingerprint density at radius 2 is 1.94 bits per heavy atom. The monoisotopic (exact) mass is 412 g/mol. The van der Waals surface area contributed by atoms with Crippen LogP contribution in [0, 0.1) is 0 Å². The summed E-state index contributed by atoms with van der Waals surface area (Å²) in [5, 5.41) is 18.9. The second-order valence-electron chi connectivity index (χ2n) is 7.87. The highest BCUT2D eigenvalue weighted by molar-refractivity contribution is 5.93. The van der Waals surface area contributed by atoms with E-state index in [1.54, 1.807) is 6.07 Å². The summed E-state index contributed by atoms with van der Waals surface area (Å²) in [5.74, 6) is 2.72. The van der Waals surface area contributed by atoms with Gasteiger partial charge in [0, 0.05) is 23.1 Å². The molecule has 4 N–H and O–H groups in total. The molecule has 1 fully saturated rings. The Kier molecular flexibility index (Phi) is 4.02. The molecule has 0 bridgehead atoms. The standard InChI is InChI=1S/C23H20N6O2/c30-23-18-10-16(7-8-19(18)26-29-23)31-12-15-9-14-3-1-2-4-17(14)22(24-15)25-21-11-20(27-28-21)13-5-6-13/h1-4,7-11,13H,5-6,12H2,(H2,26,29,30)(H2,24,25,27,28). The first-order valence-electron chi connectivity index (χ1n) is 10.3. The van der Waals surface area contributed by atoms with Crippen LogP contribution in [0.15, 0.2) is 59.4 Å². The lowest BCUT2D eigenvalue weighted by Gasteiger charge is -2.11. The molecule has 6 rings (SSSR count). The van der Waals surface area contributed by atoms with Crippen LogP contribution in [0.25, 0.3) is 21.7 Å². The fourth-order valence-electron chi connectivity index (χ4n) is 3.81. The molecule has 1 saturated carbocycles. The van der Waals surface area contributed by atoms with Crippen LogP contribution in [-0.2, 0) is 6.61 Å². The lowest BCUT2D eigenvalue weighted by molar-refractivity contribution is 0.302. The van der Waals surface area contributed by atoms with E-state index in [4.69, 9.17) is 9.72 Å². The average molecular weight is 412 g/mol. The summed E-state index contributed by atoms with van der Waals surface area (Å²) in [6.07, 6.45) is 2.44. The SMILES string of the molecule is O=c1[nH][nH]c2ccc(OCc3cc4ccccc4c(Nc4cc(C5CC5)[nH]n4)n3)cc12. The van der Waals surface area contributed by atoms with E-state index < -0.39 is 0 Å². The van der Waals surface area contributed by atoms with Crippen molar-refractivity contribution in [3.63, 3.8) is 0 Å². The van der Waals surface area contributed by atoms with E-state index in [-0.39, 0.29) is 12.2 Å². The molecule has 31 heavy (non-hydrogen) atoms. The van der Waals surface area contributed by atoms with Crippen LogP contribution in [0.3, 0.4) is 0 Å². The lowest BCUT2D eigenvalue weighted by Crippen LogP contribution is -2.03. The Bertz CT molecular complexity index is 1460. The zero-order chi connectivity index (χ0) is 20.8. The molecular formula is C23H20N6O2. The van der Waals surface area contributed by atoms with Gasteiger partial charge in [-0.25, -0.2) is 4.98 Å². The molecule has 0 atom stereocenters. The van der Waals surface area contributed by atoms with Crippen molar-refractivity contribution in [2.24, 2.45) is 0 Å². The third kappa shape index (κ3) is 3.42. The van der Waals surface area contributed by atoms with Crippen molar-refractivity contribution in [1.29, 1.82) is 0 Å². The Hall–Kier alpha value is -4.07. The minimum Gasteiger partial charge on any atom is -0.487 e. The Morgan fingerprint density at radius 3 is 2.84 bits per heavy atom.